The molecule has 1 N–H and O–H groups in total. The van der Waals surface area contributed by atoms with Crippen LogP contribution in [-0.4, -0.2) is 64.5 Å². The van der Waals surface area contributed by atoms with Crippen LogP contribution in [0.1, 0.15) is 31.2 Å². The minimum atomic E-state index is 0.512. The van der Waals surface area contributed by atoms with E-state index in [9.17, 15) is 0 Å². The van der Waals surface area contributed by atoms with Crippen LogP contribution in [-0.2, 0) is 6.54 Å². The second-order valence-corrected chi connectivity index (χ2v) is 8.05. The summed E-state index contributed by atoms with van der Waals surface area (Å²) in [5.41, 5.74) is 2.43. The zero-order valence-electron chi connectivity index (χ0n) is 16.7. The highest BCUT2D eigenvalue weighted by Gasteiger charge is 2.29. The molecule has 8 heteroatoms. The molecule has 5 heterocycles. The molecule has 2 aliphatic heterocycles. The molecule has 3 aromatic rings. The smallest absolute Gasteiger partial charge is 0.152 e. The normalized spacial score (nSPS) is 20.0. The Hall–Kier alpha value is -2.61. The third-order valence-corrected chi connectivity index (χ3v) is 6.02. The first kappa shape index (κ1) is 18.4. The number of aromatic nitrogens is 4. The summed E-state index contributed by atoms with van der Waals surface area (Å²) < 4.78 is 1.79. The van der Waals surface area contributed by atoms with Gasteiger partial charge in [0.05, 0.1) is 0 Å². The number of pyridine rings is 1. The molecular weight excluding hydrogens is 361 g/mol. The van der Waals surface area contributed by atoms with E-state index in [1.54, 1.807) is 16.9 Å². The molecule has 0 aromatic carbocycles. The molecule has 0 unspecified atom stereocenters. The number of likely N-dealkylation sites (tertiary alicyclic amines) is 1. The lowest BCUT2D eigenvalue weighted by atomic mass is 10.0. The first-order valence-electron chi connectivity index (χ1n) is 10.5. The number of rotatable bonds is 6. The zero-order chi connectivity index (χ0) is 19.6. The molecule has 148 valence electrons. The van der Waals surface area contributed by atoms with E-state index in [2.05, 4.69) is 37.3 Å². The third kappa shape index (κ3) is 3.81. The lowest BCUT2D eigenvalue weighted by Crippen LogP contribution is -2.40. The van der Waals surface area contributed by atoms with E-state index in [1.807, 2.05) is 12.3 Å². The van der Waals surface area contributed by atoms with Crippen molar-refractivity contribution in [3.8, 4) is 0 Å². The van der Waals surface area contributed by atoms with Gasteiger partial charge in [0.15, 0.2) is 5.65 Å². The summed E-state index contributed by atoms with van der Waals surface area (Å²) in [5, 5.41) is 7.92. The standard InChI is InChI=1S/C21H26BN7/c22-18-14-25-29-19(24-13-16-5-3-7-23-12-16)11-20(26-21(18)29)28-10-4-6-17(28)15-27-8-1-2-9-27/h3,5,7,11-12,14,17,24H,1-2,4,6,8-10,13,15H2/t17-/m1/s1. The van der Waals surface area contributed by atoms with E-state index in [1.165, 1.54) is 38.8 Å². The topological polar surface area (TPSA) is 61.6 Å². The van der Waals surface area contributed by atoms with Crippen LogP contribution in [0.4, 0.5) is 11.6 Å². The molecule has 2 aliphatic rings. The minimum absolute atomic E-state index is 0.512. The lowest BCUT2D eigenvalue weighted by Gasteiger charge is -2.29. The molecule has 0 amide bonds. The van der Waals surface area contributed by atoms with Gasteiger partial charge in [0, 0.05) is 50.3 Å². The Kier molecular flexibility index (Phi) is 5.10. The summed E-state index contributed by atoms with van der Waals surface area (Å²) in [4.78, 5) is 14.1. The summed E-state index contributed by atoms with van der Waals surface area (Å²) in [6.07, 6.45) is 10.4. The summed E-state index contributed by atoms with van der Waals surface area (Å²) in [6.45, 7) is 5.29. The van der Waals surface area contributed by atoms with Gasteiger partial charge in [0.25, 0.3) is 0 Å². The van der Waals surface area contributed by atoms with Gasteiger partial charge in [-0.05, 0) is 55.9 Å². The molecule has 1 atom stereocenters. The number of fused-ring (bicyclic) bond motifs is 1. The molecule has 2 radical (unpaired) electrons. The molecule has 3 aromatic heterocycles. The van der Waals surface area contributed by atoms with Crippen molar-refractivity contribution >= 4 is 30.6 Å². The van der Waals surface area contributed by atoms with Crippen LogP contribution in [0.3, 0.4) is 0 Å². The first-order chi connectivity index (χ1) is 14.3. The monoisotopic (exact) mass is 387 g/mol. The van der Waals surface area contributed by atoms with Crippen LogP contribution in [0.15, 0.2) is 36.8 Å². The Labute approximate surface area is 172 Å². The van der Waals surface area contributed by atoms with Crippen molar-refractivity contribution in [1.29, 1.82) is 0 Å². The Bertz CT molecular complexity index is 968. The Morgan fingerprint density at radius 2 is 2.03 bits per heavy atom. The fourth-order valence-electron chi connectivity index (χ4n) is 4.53. The van der Waals surface area contributed by atoms with E-state index in [0.717, 1.165) is 30.3 Å². The van der Waals surface area contributed by atoms with E-state index >= 15 is 0 Å². The van der Waals surface area contributed by atoms with Gasteiger partial charge >= 0.3 is 0 Å². The van der Waals surface area contributed by atoms with Crippen molar-refractivity contribution in [2.24, 2.45) is 0 Å². The van der Waals surface area contributed by atoms with Crippen molar-refractivity contribution in [1.82, 2.24) is 24.5 Å². The van der Waals surface area contributed by atoms with Crippen LogP contribution < -0.4 is 15.7 Å². The van der Waals surface area contributed by atoms with Crippen molar-refractivity contribution in [2.75, 3.05) is 36.4 Å². The summed E-state index contributed by atoms with van der Waals surface area (Å²) >= 11 is 0. The highest BCUT2D eigenvalue weighted by molar-refractivity contribution is 6.36. The third-order valence-electron chi connectivity index (χ3n) is 6.02. The SMILES string of the molecule is [B]c1cnn2c(NCc3cccnc3)cc(N3CCC[C@@H]3CN3CCCC3)nc12. The number of nitrogens with zero attached hydrogens (tertiary/aromatic N) is 6. The van der Waals surface area contributed by atoms with E-state index in [4.69, 9.17) is 12.8 Å². The van der Waals surface area contributed by atoms with Gasteiger partial charge in [0.1, 0.15) is 19.5 Å². The van der Waals surface area contributed by atoms with Crippen LogP contribution in [0.25, 0.3) is 5.65 Å². The summed E-state index contributed by atoms with van der Waals surface area (Å²) in [5.74, 6) is 1.89. The molecule has 0 aliphatic carbocycles. The molecule has 29 heavy (non-hydrogen) atoms. The van der Waals surface area contributed by atoms with Crippen LogP contribution in [0.2, 0.25) is 0 Å². The molecule has 0 bridgehead atoms. The van der Waals surface area contributed by atoms with Gasteiger partial charge in [-0.25, -0.2) is 4.98 Å². The molecule has 2 saturated heterocycles. The Morgan fingerprint density at radius 1 is 1.14 bits per heavy atom. The van der Waals surface area contributed by atoms with Crippen molar-refractivity contribution in [3.63, 3.8) is 0 Å². The highest BCUT2D eigenvalue weighted by Crippen LogP contribution is 2.28. The number of anilines is 2. The average Bonchev–Trinajstić information content (AvgIpc) is 3.50. The highest BCUT2D eigenvalue weighted by atomic mass is 15.3. The predicted octanol–water partition coefficient (Wildman–Crippen LogP) is 1.59. The van der Waals surface area contributed by atoms with E-state index < -0.39 is 0 Å². The number of hydrogen-bond donors (Lipinski definition) is 1. The molecule has 0 saturated carbocycles. The Balaban J connectivity index is 1.43. The minimum Gasteiger partial charge on any atom is -0.366 e. The Morgan fingerprint density at radius 3 is 2.86 bits per heavy atom. The largest absolute Gasteiger partial charge is 0.366 e. The predicted molar refractivity (Wildman–Crippen MR) is 116 cm³/mol. The van der Waals surface area contributed by atoms with Crippen LogP contribution in [0, 0.1) is 0 Å². The fraction of sp³-hybridized carbons (Fsp3) is 0.476. The van der Waals surface area contributed by atoms with Gasteiger partial charge in [-0.3, -0.25) is 4.98 Å². The molecule has 7 nitrogen and oxygen atoms in total. The maximum Gasteiger partial charge on any atom is 0.152 e. The summed E-state index contributed by atoms with van der Waals surface area (Å²) in [6, 6.07) is 6.63. The van der Waals surface area contributed by atoms with Gasteiger partial charge < -0.3 is 15.1 Å². The van der Waals surface area contributed by atoms with Crippen molar-refractivity contribution in [3.05, 3.63) is 42.4 Å². The second kappa shape index (κ2) is 8.03. The van der Waals surface area contributed by atoms with Gasteiger partial charge in [-0.1, -0.05) is 6.07 Å². The lowest BCUT2D eigenvalue weighted by molar-refractivity contribution is 0.313. The fourth-order valence-corrected chi connectivity index (χ4v) is 4.53. The van der Waals surface area contributed by atoms with Crippen molar-refractivity contribution < 1.29 is 0 Å². The molecule has 2 fully saturated rings. The quantitative estimate of drug-likeness (QED) is 0.649. The van der Waals surface area contributed by atoms with Gasteiger partial charge in [-0.15, -0.1) is 0 Å². The molecule has 5 rings (SSSR count). The number of nitrogens with one attached hydrogen (secondary N) is 1. The zero-order valence-corrected chi connectivity index (χ0v) is 16.7. The van der Waals surface area contributed by atoms with E-state index in [-0.39, 0.29) is 0 Å². The molecular formula is C21H26BN7. The second-order valence-electron chi connectivity index (χ2n) is 8.05. The number of hydrogen-bond acceptors (Lipinski definition) is 6. The van der Waals surface area contributed by atoms with Crippen LogP contribution in [0.5, 0.6) is 0 Å². The average molecular weight is 387 g/mol. The van der Waals surface area contributed by atoms with Crippen molar-refractivity contribution in [2.45, 2.75) is 38.3 Å². The first-order valence-corrected chi connectivity index (χ1v) is 10.5. The summed E-state index contributed by atoms with van der Waals surface area (Å²) in [7, 11) is 6.18. The maximum atomic E-state index is 6.18. The maximum absolute atomic E-state index is 6.18. The molecule has 0 spiro atoms. The van der Waals surface area contributed by atoms with E-state index in [0.29, 0.717) is 23.7 Å². The van der Waals surface area contributed by atoms with Gasteiger partial charge in [0.2, 0.25) is 0 Å². The van der Waals surface area contributed by atoms with Crippen LogP contribution >= 0.6 is 0 Å². The van der Waals surface area contributed by atoms with Gasteiger partial charge in [-0.2, -0.15) is 9.61 Å².